The summed E-state index contributed by atoms with van der Waals surface area (Å²) in [4.78, 5) is 10.9. The van der Waals surface area contributed by atoms with Crippen LogP contribution in [0.15, 0.2) is 46.9 Å². The number of nitrogens with one attached hydrogen (secondary N) is 1. The normalized spacial score (nSPS) is 10.2. The summed E-state index contributed by atoms with van der Waals surface area (Å²) < 4.78 is 0.878. The van der Waals surface area contributed by atoms with Crippen LogP contribution in [0.2, 0.25) is 5.02 Å². The molecule has 5 heteroatoms. The topological polar surface area (TPSA) is 55.1 Å². The molecular formula is C14H12BrClN2O. The Morgan fingerprint density at radius 2 is 1.89 bits per heavy atom. The molecule has 0 saturated heterocycles. The Morgan fingerprint density at radius 3 is 2.47 bits per heavy atom. The molecule has 0 spiro atoms. The molecule has 2 aromatic rings. The van der Waals surface area contributed by atoms with Crippen LogP contribution in [0.3, 0.4) is 0 Å². The van der Waals surface area contributed by atoms with Gasteiger partial charge in [0.05, 0.1) is 5.02 Å². The number of carbonyl (C=O) groups excluding carboxylic acids is 1. The Morgan fingerprint density at radius 1 is 1.21 bits per heavy atom. The number of rotatable bonds is 4. The Balaban J connectivity index is 2.01. The maximum atomic E-state index is 10.9. The van der Waals surface area contributed by atoms with Crippen LogP contribution in [0, 0.1) is 0 Å². The highest BCUT2D eigenvalue weighted by Crippen LogP contribution is 2.23. The van der Waals surface area contributed by atoms with E-state index >= 15 is 0 Å². The van der Waals surface area contributed by atoms with Gasteiger partial charge in [0.25, 0.3) is 0 Å². The van der Waals surface area contributed by atoms with Gasteiger partial charge in [-0.05, 0) is 57.9 Å². The lowest BCUT2D eigenvalue weighted by Crippen LogP contribution is -2.10. The van der Waals surface area contributed by atoms with E-state index in [4.69, 9.17) is 17.3 Å². The van der Waals surface area contributed by atoms with E-state index in [-0.39, 0.29) is 0 Å². The summed E-state index contributed by atoms with van der Waals surface area (Å²) in [5.41, 5.74) is 7.68. The molecular weight excluding hydrogens is 328 g/mol. The number of nitrogens with two attached hydrogens (primary N) is 1. The Hall–Kier alpha value is -1.52. The second-order valence-electron chi connectivity index (χ2n) is 4.04. The van der Waals surface area contributed by atoms with Gasteiger partial charge < -0.3 is 11.1 Å². The third-order valence-corrected chi connectivity index (χ3v) is 3.88. The van der Waals surface area contributed by atoms with Crippen LogP contribution in [0.4, 0.5) is 5.69 Å². The molecule has 0 aliphatic carbocycles. The fourth-order valence-electron chi connectivity index (χ4n) is 1.61. The van der Waals surface area contributed by atoms with Crippen LogP contribution in [-0.4, -0.2) is 5.91 Å². The quantitative estimate of drug-likeness (QED) is 0.890. The first-order valence-corrected chi connectivity index (χ1v) is 6.81. The number of amides is 1. The van der Waals surface area contributed by atoms with Gasteiger partial charge in [0.2, 0.25) is 5.91 Å². The Kier molecular flexibility index (Phi) is 4.45. The van der Waals surface area contributed by atoms with Crippen LogP contribution in [-0.2, 0) is 6.54 Å². The largest absolute Gasteiger partial charge is 0.381 e. The van der Waals surface area contributed by atoms with E-state index in [9.17, 15) is 4.79 Å². The highest BCUT2D eigenvalue weighted by molar-refractivity contribution is 9.10. The maximum Gasteiger partial charge on any atom is 0.248 e. The molecule has 0 aromatic heterocycles. The molecule has 0 bridgehead atoms. The summed E-state index contributed by atoms with van der Waals surface area (Å²) in [5.74, 6) is -0.425. The average Bonchev–Trinajstić information content (AvgIpc) is 2.40. The highest BCUT2D eigenvalue weighted by Gasteiger charge is 2.01. The van der Waals surface area contributed by atoms with Gasteiger partial charge >= 0.3 is 0 Å². The molecule has 2 aromatic carbocycles. The zero-order valence-electron chi connectivity index (χ0n) is 9.99. The second-order valence-corrected chi connectivity index (χ2v) is 5.31. The standard InChI is InChI=1S/C14H12BrClN2O/c15-12-6-1-9(7-13(12)16)8-18-11-4-2-10(3-5-11)14(17)19/h1-7,18H,8H2,(H2,17,19). The zero-order valence-corrected chi connectivity index (χ0v) is 12.3. The summed E-state index contributed by atoms with van der Waals surface area (Å²) in [6.45, 7) is 0.656. The fraction of sp³-hybridized carbons (Fsp3) is 0.0714. The summed E-state index contributed by atoms with van der Waals surface area (Å²) in [7, 11) is 0. The molecule has 3 N–H and O–H groups in total. The number of benzene rings is 2. The fourth-order valence-corrected chi connectivity index (χ4v) is 2.06. The zero-order chi connectivity index (χ0) is 13.8. The van der Waals surface area contributed by atoms with E-state index in [1.165, 1.54) is 0 Å². The minimum absolute atomic E-state index is 0.425. The lowest BCUT2D eigenvalue weighted by molar-refractivity contribution is 0.100. The SMILES string of the molecule is NC(=O)c1ccc(NCc2ccc(Br)c(Cl)c2)cc1. The van der Waals surface area contributed by atoms with E-state index in [2.05, 4.69) is 21.2 Å². The molecule has 1 amide bonds. The van der Waals surface area contributed by atoms with E-state index in [0.29, 0.717) is 17.1 Å². The minimum Gasteiger partial charge on any atom is -0.381 e. The predicted molar refractivity (Wildman–Crippen MR) is 81.4 cm³/mol. The lowest BCUT2D eigenvalue weighted by atomic mass is 10.2. The third-order valence-electron chi connectivity index (χ3n) is 2.65. The monoisotopic (exact) mass is 338 g/mol. The molecule has 0 heterocycles. The second kappa shape index (κ2) is 6.08. The van der Waals surface area contributed by atoms with Crippen molar-refractivity contribution in [2.75, 3.05) is 5.32 Å². The summed E-state index contributed by atoms with van der Waals surface area (Å²) in [6.07, 6.45) is 0. The smallest absolute Gasteiger partial charge is 0.248 e. The van der Waals surface area contributed by atoms with Crippen molar-refractivity contribution in [2.24, 2.45) is 5.73 Å². The van der Waals surface area contributed by atoms with Gasteiger partial charge in [-0.25, -0.2) is 0 Å². The van der Waals surface area contributed by atoms with Gasteiger partial charge in [0.15, 0.2) is 0 Å². The van der Waals surface area contributed by atoms with E-state index in [0.717, 1.165) is 15.7 Å². The Bertz CT molecular complexity index is 599. The molecule has 3 nitrogen and oxygen atoms in total. The van der Waals surface area contributed by atoms with Crippen LogP contribution in [0.5, 0.6) is 0 Å². The molecule has 0 aliphatic heterocycles. The minimum atomic E-state index is -0.425. The highest BCUT2D eigenvalue weighted by atomic mass is 79.9. The van der Waals surface area contributed by atoms with E-state index in [1.807, 2.05) is 30.3 Å². The number of primary amides is 1. The molecule has 0 atom stereocenters. The maximum absolute atomic E-state index is 10.9. The van der Waals surface area contributed by atoms with Crippen molar-refractivity contribution in [2.45, 2.75) is 6.54 Å². The van der Waals surface area contributed by atoms with Crippen molar-refractivity contribution in [1.82, 2.24) is 0 Å². The van der Waals surface area contributed by atoms with Gasteiger partial charge in [0, 0.05) is 22.3 Å². The van der Waals surface area contributed by atoms with Gasteiger partial charge in [0.1, 0.15) is 0 Å². The summed E-state index contributed by atoms with van der Waals surface area (Å²) >= 11 is 9.38. The molecule has 0 radical (unpaired) electrons. The molecule has 0 saturated carbocycles. The molecule has 19 heavy (non-hydrogen) atoms. The molecule has 98 valence electrons. The predicted octanol–water partition coefficient (Wildman–Crippen LogP) is 3.81. The van der Waals surface area contributed by atoms with Gasteiger partial charge in [-0.1, -0.05) is 17.7 Å². The first kappa shape index (κ1) is 13.9. The number of hydrogen-bond acceptors (Lipinski definition) is 2. The van der Waals surface area contributed by atoms with Crippen molar-refractivity contribution in [1.29, 1.82) is 0 Å². The van der Waals surface area contributed by atoms with Crippen molar-refractivity contribution < 1.29 is 4.79 Å². The first-order valence-electron chi connectivity index (χ1n) is 5.64. The third kappa shape index (κ3) is 3.72. The molecule has 0 aliphatic rings. The number of carbonyl (C=O) groups is 1. The number of halogens is 2. The lowest BCUT2D eigenvalue weighted by Gasteiger charge is -2.08. The van der Waals surface area contributed by atoms with Crippen LogP contribution in [0.1, 0.15) is 15.9 Å². The van der Waals surface area contributed by atoms with Crippen molar-refractivity contribution in [3.8, 4) is 0 Å². The molecule has 0 unspecified atom stereocenters. The van der Waals surface area contributed by atoms with Crippen LogP contribution in [0.25, 0.3) is 0 Å². The molecule has 0 fully saturated rings. The summed E-state index contributed by atoms with van der Waals surface area (Å²) in [6, 6.07) is 12.8. The van der Waals surface area contributed by atoms with Crippen LogP contribution >= 0.6 is 27.5 Å². The Labute approximate surface area is 124 Å². The van der Waals surface area contributed by atoms with Crippen molar-refractivity contribution in [3.63, 3.8) is 0 Å². The summed E-state index contributed by atoms with van der Waals surface area (Å²) in [5, 5.41) is 3.93. The van der Waals surface area contributed by atoms with Crippen molar-refractivity contribution in [3.05, 3.63) is 63.1 Å². The molecule has 2 rings (SSSR count). The van der Waals surface area contributed by atoms with E-state index < -0.39 is 5.91 Å². The van der Waals surface area contributed by atoms with Gasteiger partial charge in [-0.3, -0.25) is 4.79 Å². The van der Waals surface area contributed by atoms with E-state index in [1.54, 1.807) is 12.1 Å². The first-order chi connectivity index (χ1) is 9.06. The number of anilines is 1. The van der Waals surface area contributed by atoms with Gasteiger partial charge in [-0.2, -0.15) is 0 Å². The number of hydrogen-bond donors (Lipinski definition) is 2. The van der Waals surface area contributed by atoms with Gasteiger partial charge in [-0.15, -0.1) is 0 Å². The van der Waals surface area contributed by atoms with Crippen molar-refractivity contribution >= 4 is 39.1 Å². The average molecular weight is 340 g/mol. The van der Waals surface area contributed by atoms with Crippen LogP contribution < -0.4 is 11.1 Å².